The fourth-order valence-electron chi connectivity index (χ4n) is 0.831. The zero-order chi connectivity index (χ0) is 8.10. The molecule has 0 atom stereocenters. The Hall–Kier alpha value is -1.44. The molecule has 1 N–H and O–H groups in total. The molecule has 0 saturated carbocycles. The van der Waals surface area contributed by atoms with Gasteiger partial charge in [-0.15, -0.1) is 0 Å². The maximum Gasteiger partial charge on any atom is 0.120 e. The number of nitrogens with one attached hydrogen (secondary N) is 1. The van der Waals surface area contributed by atoms with Gasteiger partial charge in [0.1, 0.15) is 5.75 Å². The first kappa shape index (κ1) is 7.66. The Morgan fingerprint density at radius 3 is 3.00 bits per heavy atom. The summed E-state index contributed by atoms with van der Waals surface area (Å²) in [6, 6.07) is 7.67. The first-order chi connectivity index (χ1) is 5.36. The van der Waals surface area contributed by atoms with Crippen LogP contribution in [0.4, 0.5) is 5.69 Å². The number of anilines is 1. The van der Waals surface area contributed by atoms with Gasteiger partial charge in [-0.3, -0.25) is 0 Å². The molecule has 0 unspecified atom stereocenters. The third kappa shape index (κ3) is 2.00. The summed E-state index contributed by atoms with van der Waals surface area (Å²) in [7, 11) is 1.65. The van der Waals surface area contributed by atoms with E-state index >= 15 is 0 Å². The Balaban J connectivity index is 2.82. The number of ether oxygens (including phenoxy) is 1. The molecule has 0 aliphatic heterocycles. The molecule has 0 aliphatic rings. The molecule has 0 radical (unpaired) electrons. The van der Waals surface area contributed by atoms with Crippen LogP contribution in [0.1, 0.15) is 0 Å². The van der Waals surface area contributed by atoms with Gasteiger partial charge >= 0.3 is 0 Å². The van der Waals surface area contributed by atoms with E-state index < -0.39 is 0 Å². The average molecular weight is 149 g/mol. The largest absolute Gasteiger partial charge is 0.497 e. The van der Waals surface area contributed by atoms with E-state index in [2.05, 4.69) is 11.9 Å². The zero-order valence-electron chi connectivity index (χ0n) is 6.50. The lowest BCUT2D eigenvalue weighted by Gasteiger charge is -2.02. The molecule has 0 amide bonds. The third-order valence-corrected chi connectivity index (χ3v) is 1.34. The Morgan fingerprint density at radius 2 is 2.36 bits per heavy atom. The number of hydrogen-bond donors (Lipinski definition) is 1. The van der Waals surface area contributed by atoms with Crippen molar-refractivity contribution in [2.75, 3.05) is 12.4 Å². The van der Waals surface area contributed by atoms with Crippen molar-refractivity contribution < 1.29 is 4.74 Å². The summed E-state index contributed by atoms with van der Waals surface area (Å²) < 4.78 is 5.03. The highest BCUT2D eigenvalue weighted by Gasteiger charge is 1.90. The predicted octanol–water partition coefficient (Wildman–Crippen LogP) is 2.25. The van der Waals surface area contributed by atoms with E-state index in [0.29, 0.717) is 0 Å². The first-order valence-corrected chi connectivity index (χ1v) is 3.38. The van der Waals surface area contributed by atoms with Crippen LogP contribution in [0, 0.1) is 0 Å². The number of hydrogen-bond acceptors (Lipinski definition) is 2. The van der Waals surface area contributed by atoms with Crippen LogP contribution in [-0.2, 0) is 0 Å². The van der Waals surface area contributed by atoms with E-state index in [1.165, 1.54) is 0 Å². The molecular weight excluding hydrogens is 138 g/mol. The van der Waals surface area contributed by atoms with Gasteiger partial charge in [0.15, 0.2) is 0 Å². The summed E-state index contributed by atoms with van der Waals surface area (Å²) >= 11 is 0. The lowest BCUT2D eigenvalue weighted by molar-refractivity contribution is 0.415. The molecule has 58 valence electrons. The zero-order valence-corrected chi connectivity index (χ0v) is 6.50. The highest BCUT2D eigenvalue weighted by atomic mass is 16.5. The van der Waals surface area contributed by atoms with Crippen LogP contribution in [0.25, 0.3) is 0 Å². The van der Waals surface area contributed by atoms with Gasteiger partial charge in [-0.1, -0.05) is 12.6 Å². The second-order valence-corrected chi connectivity index (χ2v) is 2.08. The molecule has 0 bridgehead atoms. The first-order valence-electron chi connectivity index (χ1n) is 3.38. The van der Waals surface area contributed by atoms with Crippen LogP contribution in [0.2, 0.25) is 0 Å². The average Bonchev–Trinajstić information content (AvgIpc) is 2.06. The van der Waals surface area contributed by atoms with Crippen LogP contribution in [0.3, 0.4) is 0 Å². The van der Waals surface area contributed by atoms with Gasteiger partial charge in [0.25, 0.3) is 0 Å². The summed E-state index contributed by atoms with van der Waals surface area (Å²) in [5.41, 5.74) is 0.986. The fourth-order valence-corrected chi connectivity index (χ4v) is 0.831. The maximum absolute atomic E-state index is 5.03. The lowest BCUT2D eigenvalue weighted by atomic mass is 10.3. The molecule has 0 heterocycles. The van der Waals surface area contributed by atoms with Crippen molar-refractivity contribution in [3.8, 4) is 5.75 Å². The molecule has 0 aromatic heterocycles. The number of rotatable bonds is 3. The minimum Gasteiger partial charge on any atom is -0.497 e. The molecular formula is C9H11NO. The van der Waals surface area contributed by atoms with Crippen molar-refractivity contribution in [3.05, 3.63) is 37.0 Å². The van der Waals surface area contributed by atoms with E-state index in [-0.39, 0.29) is 0 Å². The third-order valence-electron chi connectivity index (χ3n) is 1.34. The molecule has 0 spiro atoms. The van der Waals surface area contributed by atoms with Crippen molar-refractivity contribution in [1.82, 2.24) is 0 Å². The SMILES string of the molecule is C=CNc1cccc(OC)c1. The van der Waals surface area contributed by atoms with Gasteiger partial charge in [0, 0.05) is 11.8 Å². The van der Waals surface area contributed by atoms with Crippen LogP contribution >= 0.6 is 0 Å². The van der Waals surface area contributed by atoms with E-state index in [1.807, 2.05) is 24.3 Å². The van der Waals surface area contributed by atoms with Crippen molar-refractivity contribution >= 4 is 5.69 Å². The molecule has 0 fully saturated rings. The van der Waals surface area contributed by atoms with Gasteiger partial charge in [0.2, 0.25) is 0 Å². The van der Waals surface area contributed by atoms with E-state index in [9.17, 15) is 0 Å². The Morgan fingerprint density at radius 1 is 1.55 bits per heavy atom. The minimum absolute atomic E-state index is 0.844. The molecule has 2 nitrogen and oxygen atoms in total. The van der Waals surface area contributed by atoms with Crippen LogP contribution in [0.15, 0.2) is 37.0 Å². The summed E-state index contributed by atoms with van der Waals surface area (Å²) in [6.45, 7) is 3.56. The normalized spacial score (nSPS) is 8.82. The van der Waals surface area contributed by atoms with E-state index in [0.717, 1.165) is 11.4 Å². The van der Waals surface area contributed by atoms with Gasteiger partial charge in [-0.25, -0.2) is 0 Å². The van der Waals surface area contributed by atoms with Gasteiger partial charge in [0.05, 0.1) is 7.11 Å². The summed E-state index contributed by atoms with van der Waals surface area (Å²) in [4.78, 5) is 0. The van der Waals surface area contributed by atoms with Crippen LogP contribution < -0.4 is 10.1 Å². The molecule has 11 heavy (non-hydrogen) atoms. The van der Waals surface area contributed by atoms with Crippen LogP contribution in [0.5, 0.6) is 5.75 Å². The van der Waals surface area contributed by atoms with Crippen LogP contribution in [-0.4, -0.2) is 7.11 Å². The van der Waals surface area contributed by atoms with E-state index in [1.54, 1.807) is 13.3 Å². The Kier molecular flexibility index (Phi) is 2.55. The van der Waals surface area contributed by atoms with Gasteiger partial charge < -0.3 is 10.1 Å². The molecule has 1 rings (SSSR count). The topological polar surface area (TPSA) is 21.3 Å². The summed E-state index contributed by atoms with van der Waals surface area (Å²) in [5, 5.41) is 2.97. The fraction of sp³-hybridized carbons (Fsp3) is 0.111. The quantitative estimate of drug-likeness (QED) is 0.711. The second-order valence-electron chi connectivity index (χ2n) is 2.08. The predicted molar refractivity (Wildman–Crippen MR) is 46.8 cm³/mol. The minimum atomic E-state index is 0.844. The molecule has 0 saturated heterocycles. The maximum atomic E-state index is 5.03. The number of methoxy groups -OCH3 is 1. The smallest absolute Gasteiger partial charge is 0.120 e. The Labute approximate surface area is 66.5 Å². The molecule has 1 aromatic carbocycles. The molecule has 2 heteroatoms. The van der Waals surface area contributed by atoms with E-state index in [4.69, 9.17) is 4.74 Å². The van der Waals surface area contributed by atoms with Crippen molar-refractivity contribution in [2.45, 2.75) is 0 Å². The summed E-state index contributed by atoms with van der Waals surface area (Å²) in [5.74, 6) is 0.844. The van der Waals surface area contributed by atoms with Gasteiger partial charge in [-0.2, -0.15) is 0 Å². The lowest BCUT2D eigenvalue weighted by Crippen LogP contribution is -1.87. The highest BCUT2D eigenvalue weighted by Crippen LogP contribution is 2.16. The summed E-state index contributed by atoms with van der Waals surface area (Å²) in [6.07, 6.45) is 1.63. The van der Waals surface area contributed by atoms with Crippen molar-refractivity contribution in [2.24, 2.45) is 0 Å². The second kappa shape index (κ2) is 3.66. The standard InChI is InChI=1S/C9H11NO/c1-3-10-8-5-4-6-9(7-8)11-2/h3-7,10H,1H2,2H3. The highest BCUT2D eigenvalue weighted by molar-refractivity contribution is 5.49. The molecule has 1 aromatic rings. The van der Waals surface area contributed by atoms with Crippen molar-refractivity contribution in [3.63, 3.8) is 0 Å². The number of benzene rings is 1. The monoisotopic (exact) mass is 149 g/mol. The Bertz CT molecular complexity index is 245. The van der Waals surface area contributed by atoms with Gasteiger partial charge in [-0.05, 0) is 18.3 Å². The van der Waals surface area contributed by atoms with Crippen molar-refractivity contribution in [1.29, 1.82) is 0 Å². The molecule has 0 aliphatic carbocycles.